The van der Waals surface area contributed by atoms with E-state index in [1.54, 1.807) is 0 Å². The van der Waals surface area contributed by atoms with Crippen molar-refractivity contribution in [2.75, 3.05) is 25.1 Å². The number of amides is 2. The number of carbonyl (C=O) groups is 2. The topological polar surface area (TPSA) is 113 Å². The average molecular weight is 280 g/mol. The number of aliphatic carboxylic acids is 1. The number of carboxylic acid groups (broad SMARTS) is 1. The van der Waals surface area contributed by atoms with Crippen LogP contribution in [-0.4, -0.2) is 50.6 Å². The van der Waals surface area contributed by atoms with Gasteiger partial charge in [0.2, 0.25) is 0 Å². The molecule has 0 fully saturated rings. The van der Waals surface area contributed by atoms with E-state index >= 15 is 0 Å². The van der Waals surface area contributed by atoms with Crippen molar-refractivity contribution in [3.8, 4) is 0 Å². The second kappa shape index (κ2) is 7.91. The maximum atomic E-state index is 11.2. The number of sulfone groups is 1. The second-order valence-electron chi connectivity index (χ2n) is 4.30. The van der Waals surface area contributed by atoms with Gasteiger partial charge in [-0.05, 0) is 12.3 Å². The van der Waals surface area contributed by atoms with Crippen LogP contribution in [0.1, 0.15) is 19.8 Å². The number of carbonyl (C=O) groups excluding carboxylic acids is 1. The number of rotatable bonds is 8. The highest BCUT2D eigenvalue weighted by atomic mass is 32.2. The van der Waals surface area contributed by atoms with Crippen LogP contribution in [0, 0.1) is 5.92 Å². The van der Waals surface area contributed by atoms with E-state index in [2.05, 4.69) is 10.6 Å². The Morgan fingerprint density at radius 3 is 2.39 bits per heavy atom. The molecule has 0 bridgehead atoms. The fraction of sp³-hybridized carbons (Fsp3) is 0.800. The second-order valence-corrected chi connectivity index (χ2v) is 6.56. The van der Waals surface area contributed by atoms with Gasteiger partial charge in [-0.25, -0.2) is 13.2 Å². The predicted molar refractivity (Wildman–Crippen MR) is 67.1 cm³/mol. The van der Waals surface area contributed by atoms with Crippen LogP contribution in [0.3, 0.4) is 0 Å². The first-order valence-corrected chi connectivity index (χ1v) is 7.68. The Morgan fingerprint density at radius 2 is 1.89 bits per heavy atom. The quantitative estimate of drug-likeness (QED) is 0.571. The molecule has 0 saturated carbocycles. The Balaban J connectivity index is 3.67. The molecule has 1 atom stereocenters. The minimum absolute atomic E-state index is 0.0572. The molecule has 3 N–H and O–H groups in total. The van der Waals surface area contributed by atoms with Crippen LogP contribution in [-0.2, 0) is 14.6 Å². The molecule has 2 amide bonds. The van der Waals surface area contributed by atoms with Gasteiger partial charge in [0.1, 0.15) is 9.84 Å². The third kappa shape index (κ3) is 11.2. The van der Waals surface area contributed by atoms with Crippen molar-refractivity contribution in [1.82, 2.24) is 10.6 Å². The maximum absolute atomic E-state index is 11.2. The molecule has 0 heterocycles. The van der Waals surface area contributed by atoms with Crippen LogP contribution in [0.4, 0.5) is 4.79 Å². The molecule has 0 aliphatic rings. The number of carboxylic acids is 1. The lowest BCUT2D eigenvalue weighted by molar-refractivity contribution is -0.137. The highest BCUT2D eigenvalue weighted by Gasteiger charge is 2.08. The third-order valence-corrected chi connectivity index (χ3v) is 3.17. The SMILES string of the molecule is CC(CCC(=O)O)CNC(=O)NCCS(C)(=O)=O. The van der Waals surface area contributed by atoms with Crippen LogP contribution in [0.5, 0.6) is 0 Å². The molecule has 0 aliphatic heterocycles. The van der Waals surface area contributed by atoms with Gasteiger partial charge in [0, 0.05) is 25.8 Å². The number of nitrogens with one attached hydrogen (secondary N) is 2. The molecule has 0 aromatic heterocycles. The summed E-state index contributed by atoms with van der Waals surface area (Å²) in [5, 5.41) is 13.4. The molecule has 0 rings (SSSR count). The minimum atomic E-state index is -3.08. The fourth-order valence-electron chi connectivity index (χ4n) is 1.15. The zero-order valence-corrected chi connectivity index (χ0v) is 11.4. The molecule has 0 aliphatic carbocycles. The van der Waals surface area contributed by atoms with Crippen LogP contribution in [0.2, 0.25) is 0 Å². The predicted octanol–water partition coefficient (Wildman–Crippen LogP) is -0.169. The fourth-order valence-corrected chi connectivity index (χ4v) is 1.62. The van der Waals surface area contributed by atoms with Crippen molar-refractivity contribution in [1.29, 1.82) is 0 Å². The molecule has 0 aromatic rings. The minimum Gasteiger partial charge on any atom is -0.481 e. The summed E-state index contributed by atoms with van der Waals surface area (Å²) < 4.78 is 21.6. The number of hydrogen-bond acceptors (Lipinski definition) is 4. The first-order chi connectivity index (χ1) is 8.20. The van der Waals surface area contributed by atoms with Gasteiger partial charge in [0.05, 0.1) is 5.75 Å². The summed E-state index contributed by atoms with van der Waals surface area (Å²) in [5.74, 6) is -0.907. The van der Waals surface area contributed by atoms with Crippen LogP contribution in [0.25, 0.3) is 0 Å². The monoisotopic (exact) mass is 280 g/mol. The van der Waals surface area contributed by atoms with Gasteiger partial charge in [-0.3, -0.25) is 4.79 Å². The Bertz CT molecular complexity index is 380. The Morgan fingerprint density at radius 1 is 1.28 bits per heavy atom. The lowest BCUT2D eigenvalue weighted by Gasteiger charge is -2.12. The summed E-state index contributed by atoms with van der Waals surface area (Å²) in [6.07, 6.45) is 1.65. The largest absolute Gasteiger partial charge is 0.481 e. The van der Waals surface area contributed by atoms with Gasteiger partial charge in [-0.15, -0.1) is 0 Å². The summed E-state index contributed by atoms with van der Waals surface area (Å²) >= 11 is 0. The molecular weight excluding hydrogens is 260 g/mol. The third-order valence-electron chi connectivity index (χ3n) is 2.22. The van der Waals surface area contributed by atoms with Crippen molar-refractivity contribution in [3.05, 3.63) is 0 Å². The van der Waals surface area contributed by atoms with Gasteiger partial charge in [-0.2, -0.15) is 0 Å². The first kappa shape index (κ1) is 16.7. The van der Waals surface area contributed by atoms with Crippen molar-refractivity contribution in [2.24, 2.45) is 5.92 Å². The lowest BCUT2D eigenvalue weighted by atomic mass is 10.1. The normalized spacial score (nSPS) is 12.8. The van der Waals surface area contributed by atoms with Crippen molar-refractivity contribution in [2.45, 2.75) is 19.8 Å². The maximum Gasteiger partial charge on any atom is 0.314 e. The van der Waals surface area contributed by atoms with E-state index in [1.807, 2.05) is 6.92 Å². The van der Waals surface area contributed by atoms with Crippen molar-refractivity contribution >= 4 is 21.8 Å². The van der Waals surface area contributed by atoms with Crippen molar-refractivity contribution in [3.63, 3.8) is 0 Å². The average Bonchev–Trinajstić information content (AvgIpc) is 2.21. The summed E-state index contributed by atoms with van der Waals surface area (Å²) in [6, 6.07) is -0.444. The van der Waals surface area contributed by atoms with E-state index in [4.69, 9.17) is 5.11 Å². The molecule has 18 heavy (non-hydrogen) atoms. The van der Waals surface area contributed by atoms with E-state index in [1.165, 1.54) is 0 Å². The van der Waals surface area contributed by atoms with Crippen LogP contribution < -0.4 is 10.6 Å². The molecule has 7 nitrogen and oxygen atoms in total. The van der Waals surface area contributed by atoms with Gasteiger partial charge >= 0.3 is 12.0 Å². The smallest absolute Gasteiger partial charge is 0.314 e. The van der Waals surface area contributed by atoms with Gasteiger partial charge in [0.25, 0.3) is 0 Å². The van der Waals surface area contributed by atoms with Gasteiger partial charge in [-0.1, -0.05) is 6.92 Å². The Labute approximate surface area is 107 Å². The van der Waals surface area contributed by atoms with E-state index in [9.17, 15) is 18.0 Å². The highest BCUT2D eigenvalue weighted by Crippen LogP contribution is 2.03. The number of hydrogen-bond donors (Lipinski definition) is 3. The summed E-state index contributed by atoms with van der Waals surface area (Å²) in [6.45, 7) is 2.26. The first-order valence-electron chi connectivity index (χ1n) is 5.62. The molecule has 106 valence electrons. The zero-order chi connectivity index (χ0) is 14.2. The molecular formula is C10H20N2O5S. The lowest BCUT2D eigenvalue weighted by Crippen LogP contribution is -2.39. The van der Waals surface area contributed by atoms with Crippen LogP contribution >= 0.6 is 0 Å². The highest BCUT2D eigenvalue weighted by molar-refractivity contribution is 7.90. The zero-order valence-electron chi connectivity index (χ0n) is 10.6. The van der Waals surface area contributed by atoms with E-state index in [0.29, 0.717) is 13.0 Å². The van der Waals surface area contributed by atoms with E-state index < -0.39 is 21.8 Å². The standard InChI is InChI=1S/C10H20N2O5S/c1-8(3-4-9(13)14)7-12-10(15)11-5-6-18(2,16)17/h8H,3-7H2,1-2H3,(H,13,14)(H2,11,12,15). The van der Waals surface area contributed by atoms with Crippen molar-refractivity contribution < 1.29 is 23.1 Å². The molecule has 0 spiro atoms. The van der Waals surface area contributed by atoms with Gasteiger partial charge < -0.3 is 15.7 Å². The van der Waals surface area contributed by atoms with E-state index in [0.717, 1.165) is 6.26 Å². The summed E-state index contributed by atoms with van der Waals surface area (Å²) in [5.41, 5.74) is 0. The number of urea groups is 1. The molecule has 0 saturated heterocycles. The Hall–Kier alpha value is -1.31. The van der Waals surface area contributed by atoms with Crippen LogP contribution in [0.15, 0.2) is 0 Å². The summed E-state index contributed by atoms with van der Waals surface area (Å²) in [7, 11) is -3.08. The van der Waals surface area contributed by atoms with Gasteiger partial charge in [0.15, 0.2) is 0 Å². The molecule has 8 heteroatoms. The molecule has 0 aromatic carbocycles. The molecule has 1 unspecified atom stereocenters. The Kier molecular flexibility index (Phi) is 7.33. The summed E-state index contributed by atoms with van der Waals surface area (Å²) in [4.78, 5) is 21.6. The molecule has 0 radical (unpaired) electrons. The van der Waals surface area contributed by atoms with E-state index in [-0.39, 0.29) is 24.6 Å².